The number of fused-ring (bicyclic) bond motifs is 2. The average molecular weight is 400 g/mol. The topological polar surface area (TPSA) is 64.1 Å². The lowest BCUT2D eigenvalue weighted by molar-refractivity contribution is -0.171. The number of hydrogen-bond donors (Lipinski definition) is 2. The van der Waals surface area contributed by atoms with Crippen molar-refractivity contribution in [2.45, 2.75) is 63.8 Å². The van der Waals surface area contributed by atoms with E-state index in [0.29, 0.717) is 36.6 Å². The summed E-state index contributed by atoms with van der Waals surface area (Å²) in [6.45, 7) is 5.17. The fraction of sp³-hybridized carbons (Fsp3) is 0.696. The molecule has 2 saturated carbocycles. The summed E-state index contributed by atoms with van der Waals surface area (Å²) in [4.78, 5) is 4.51. The van der Waals surface area contributed by atoms with Gasteiger partial charge in [-0.15, -0.1) is 0 Å². The van der Waals surface area contributed by atoms with Crippen LogP contribution in [0.25, 0.3) is 0 Å². The van der Waals surface area contributed by atoms with E-state index in [-0.39, 0.29) is 6.10 Å². The van der Waals surface area contributed by atoms with Crippen LogP contribution in [0.15, 0.2) is 23.2 Å². The minimum Gasteiger partial charge on any atom is -0.488 e. The van der Waals surface area contributed by atoms with E-state index in [0.717, 1.165) is 36.9 Å². The van der Waals surface area contributed by atoms with Crippen molar-refractivity contribution in [1.29, 1.82) is 0 Å². The van der Waals surface area contributed by atoms with Gasteiger partial charge in [0.25, 0.3) is 0 Å². The third kappa shape index (κ3) is 3.40. The Labute approximate surface area is 173 Å². The van der Waals surface area contributed by atoms with Crippen LogP contribution in [0.2, 0.25) is 0 Å². The first-order valence-electron chi connectivity index (χ1n) is 11.1. The number of aryl methyl sites for hydroxylation is 1. The Balaban J connectivity index is 1.23. The van der Waals surface area contributed by atoms with Crippen molar-refractivity contribution < 1.29 is 14.2 Å². The first-order chi connectivity index (χ1) is 14.2. The smallest absolute Gasteiger partial charge is 0.191 e. The molecule has 4 atom stereocenters. The van der Waals surface area contributed by atoms with Gasteiger partial charge in [-0.1, -0.05) is 18.6 Å². The lowest BCUT2D eigenvalue weighted by Crippen LogP contribution is -2.72. The maximum absolute atomic E-state index is 6.24. The average Bonchev–Trinajstić information content (AvgIpc) is 3.33. The molecule has 0 bridgehead atoms. The molecule has 5 rings (SSSR count). The van der Waals surface area contributed by atoms with Gasteiger partial charge in [-0.25, -0.2) is 0 Å². The molecule has 4 aliphatic rings. The van der Waals surface area contributed by atoms with Crippen LogP contribution in [-0.4, -0.2) is 51.1 Å². The van der Waals surface area contributed by atoms with Gasteiger partial charge in [0.05, 0.1) is 19.3 Å². The summed E-state index contributed by atoms with van der Waals surface area (Å²) in [6.07, 6.45) is 6.63. The molecule has 158 valence electrons. The van der Waals surface area contributed by atoms with Crippen LogP contribution in [0.1, 0.15) is 43.2 Å². The molecule has 0 amide bonds. The van der Waals surface area contributed by atoms with Gasteiger partial charge in [-0.2, -0.15) is 0 Å². The molecule has 2 N–H and O–H groups in total. The standard InChI is InChI=1S/C23H33N3O3/c1-15-4-5-16(19(12-15)29-17-6-10-27-14-17)13-25-22(24-2)26-20-18-7-11-28-21(18)23(20)8-3-9-23/h4-5,12,17-18,20-21H,3,6-11,13-14H2,1-2H3,(H2,24,25,26). The summed E-state index contributed by atoms with van der Waals surface area (Å²) in [6, 6.07) is 6.90. The molecule has 0 radical (unpaired) electrons. The maximum atomic E-state index is 6.24. The van der Waals surface area contributed by atoms with Gasteiger partial charge in [-0.05, 0) is 37.8 Å². The zero-order valence-electron chi connectivity index (χ0n) is 17.6. The highest BCUT2D eigenvalue weighted by molar-refractivity contribution is 5.80. The van der Waals surface area contributed by atoms with E-state index in [4.69, 9.17) is 14.2 Å². The number of guanidine groups is 1. The van der Waals surface area contributed by atoms with E-state index >= 15 is 0 Å². The van der Waals surface area contributed by atoms with Crippen molar-refractivity contribution in [1.82, 2.24) is 10.6 Å². The van der Waals surface area contributed by atoms with E-state index in [9.17, 15) is 0 Å². The number of rotatable bonds is 5. The summed E-state index contributed by atoms with van der Waals surface area (Å²) < 4.78 is 17.8. The zero-order chi connectivity index (χ0) is 19.8. The van der Waals surface area contributed by atoms with Crippen molar-refractivity contribution in [3.05, 3.63) is 29.3 Å². The van der Waals surface area contributed by atoms with Crippen LogP contribution in [0.4, 0.5) is 0 Å². The summed E-state index contributed by atoms with van der Waals surface area (Å²) in [5.74, 6) is 2.46. The van der Waals surface area contributed by atoms with Gasteiger partial charge >= 0.3 is 0 Å². The van der Waals surface area contributed by atoms with E-state index < -0.39 is 0 Å². The summed E-state index contributed by atoms with van der Waals surface area (Å²) in [5.41, 5.74) is 2.71. The predicted octanol–water partition coefficient (Wildman–Crippen LogP) is 2.79. The highest BCUT2D eigenvalue weighted by Gasteiger charge is 2.66. The molecule has 2 saturated heterocycles. The van der Waals surface area contributed by atoms with E-state index in [1.54, 1.807) is 0 Å². The largest absolute Gasteiger partial charge is 0.488 e. The van der Waals surface area contributed by atoms with E-state index in [1.807, 2.05) is 7.05 Å². The molecule has 4 fully saturated rings. The van der Waals surface area contributed by atoms with Crippen molar-refractivity contribution in [3.8, 4) is 5.75 Å². The molecule has 1 aromatic carbocycles. The molecule has 4 unspecified atom stereocenters. The molecule has 1 spiro atoms. The van der Waals surface area contributed by atoms with Crippen LogP contribution in [-0.2, 0) is 16.0 Å². The minimum atomic E-state index is 0.153. The first kappa shape index (κ1) is 19.2. The number of aliphatic imine (C=N–C) groups is 1. The third-order valence-corrected chi connectivity index (χ3v) is 7.40. The number of nitrogens with one attached hydrogen (secondary N) is 2. The second-order valence-corrected chi connectivity index (χ2v) is 9.09. The predicted molar refractivity (Wildman–Crippen MR) is 112 cm³/mol. The van der Waals surface area contributed by atoms with Gasteiger partial charge in [-0.3, -0.25) is 4.99 Å². The van der Waals surface area contributed by atoms with Gasteiger partial charge in [0.1, 0.15) is 11.9 Å². The van der Waals surface area contributed by atoms with Crippen LogP contribution < -0.4 is 15.4 Å². The molecular formula is C23H33N3O3. The zero-order valence-corrected chi connectivity index (χ0v) is 17.6. The quantitative estimate of drug-likeness (QED) is 0.589. The molecule has 2 heterocycles. The molecular weight excluding hydrogens is 366 g/mol. The normalized spacial score (nSPS) is 32.4. The highest BCUT2D eigenvalue weighted by atomic mass is 16.5. The van der Waals surface area contributed by atoms with E-state index in [1.165, 1.54) is 31.2 Å². The Hall–Kier alpha value is -1.79. The fourth-order valence-corrected chi connectivity index (χ4v) is 5.68. The number of benzene rings is 1. The Bertz CT molecular complexity index is 771. The molecule has 6 heteroatoms. The lowest BCUT2D eigenvalue weighted by Gasteiger charge is -2.63. The molecule has 2 aliphatic heterocycles. The molecule has 0 aromatic heterocycles. The number of nitrogens with zero attached hydrogens (tertiary/aromatic N) is 1. The van der Waals surface area contributed by atoms with E-state index in [2.05, 4.69) is 40.7 Å². The Morgan fingerprint density at radius 3 is 2.90 bits per heavy atom. The van der Waals surface area contributed by atoms with Gasteiger partial charge in [0.15, 0.2) is 5.96 Å². The first-order valence-corrected chi connectivity index (χ1v) is 11.1. The van der Waals surface area contributed by atoms with Crippen molar-refractivity contribution in [2.75, 3.05) is 26.9 Å². The second-order valence-electron chi connectivity index (χ2n) is 9.09. The minimum absolute atomic E-state index is 0.153. The Kier molecular flexibility index (Phi) is 5.16. The summed E-state index contributed by atoms with van der Waals surface area (Å²) in [7, 11) is 1.85. The fourth-order valence-electron chi connectivity index (χ4n) is 5.68. The van der Waals surface area contributed by atoms with Crippen LogP contribution >= 0.6 is 0 Å². The number of ether oxygens (including phenoxy) is 3. The molecule has 6 nitrogen and oxygen atoms in total. The maximum Gasteiger partial charge on any atom is 0.191 e. The Morgan fingerprint density at radius 2 is 2.17 bits per heavy atom. The van der Waals surface area contributed by atoms with Crippen molar-refractivity contribution in [2.24, 2.45) is 16.3 Å². The van der Waals surface area contributed by atoms with Gasteiger partial charge < -0.3 is 24.8 Å². The van der Waals surface area contributed by atoms with Crippen molar-refractivity contribution >= 4 is 5.96 Å². The van der Waals surface area contributed by atoms with Crippen LogP contribution in [0.3, 0.4) is 0 Å². The number of hydrogen-bond acceptors (Lipinski definition) is 4. The monoisotopic (exact) mass is 399 g/mol. The second kappa shape index (κ2) is 7.80. The van der Waals surface area contributed by atoms with Crippen LogP contribution in [0, 0.1) is 18.3 Å². The Morgan fingerprint density at radius 1 is 1.28 bits per heavy atom. The summed E-state index contributed by atoms with van der Waals surface area (Å²) >= 11 is 0. The van der Waals surface area contributed by atoms with Crippen LogP contribution in [0.5, 0.6) is 5.75 Å². The highest BCUT2D eigenvalue weighted by Crippen LogP contribution is 2.62. The molecule has 2 aliphatic carbocycles. The van der Waals surface area contributed by atoms with Gasteiger partial charge in [0.2, 0.25) is 0 Å². The lowest BCUT2D eigenvalue weighted by atomic mass is 9.46. The molecule has 29 heavy (non-hydrogen) atoms. The SMILES string of the molecule is CN=C(NCc1ccc(C)cc1OC1CCOC1)NC1C2CCOC2C12CCC2. The van der Waals surface area contributed by atoms with Gasteiger partial charge in [0, 0.05) is 49.6 Å². The van der Waals surface area contributed by atoms with Crippen molar-refractivity contribution in [3.63, 3.8) is 0 Å². The summed E-state index contributed by atoms with van der Waals surface area (Å²) in [5, 5.41) is 7.26. The molecule has 1 aromatic rings. The third-order valence-electron chi connectivity index (χ3n) is 7.40.